The molecule has 5 nitrogen and oxygen atoms in total. The van der Waals surface area contributed by atoms with E-state index in [2.05, 4.69) is 19.7 Å². The maximum atomic E-state index is 13.8. The topological polar surface area (TPSA) is 35.5 Å². The number of aromatic nitrogens is 2. The molecule has 4 rings (SSSR count). The highest BCUT2D eigenvalue weighted by molar-refractivity contribution is 5.44. The predicted molar refractivity (Wildman–Crippen MR) is 97.4 cm³/mol. The molecule has 0 saturated carbocycles. The first kappa shape index (κ1) is 16.3. The van der Waals surface area contributed by atoms with Gasteiger partial charge in [-0.15, -0.1) is 0 Å². The summed E-state index contributed by atoms with van der Waals surface area (Å²) in [5, 5.41) is 0. The quantitative estimate of drug-likeness (QED) is 0.854. The Morgan fingerprint density at radius 2 is 1.64 bits per heavy atom. The number of hydrogen-bond acceptors (Lipinski definition) is 5. The molecule has 0 N–H and O–H groups in total. The second-order valence-corrected chi connectivity index (χ2v) is 6.76. The minimum Gasteiger partial charge on any atom is -0.354 e. The Morgan fingerprint density at radius 3 is 2.40 bits per heavy atom. The van der Waals surface area contributed by atoms with Gasteiger partial charge in [0.25, 0.3) is 0 Å². The van der Waals surface area contributed by atoms with Gasteiger partial charge in [-0.3, -0.25) is 4.90 Å². The third-order valence-corrected chi connectivity index (χ3v) is 5.07. The van der Waals surface area contributed by atoms with Crippen LogP contribution in [0.25, 0.3) is 0 Å². The molecule has 2 aliphatic rings. The molecular formula is C19H24FN5. The molecule has 0 atom stereocenters. The van der Waals surface area contributed by atoms with E-state index < -0.39 is 0 Å². The number of benzene rings is 1. The lowest BCUT2D eigenvalue weighted by Gasteiger charge is -2.35. The van der Waals surface area contributed by atoms with Gasteiger partial charge in [0, 0.05) is 57.6 Å². The van der Waals surface area contributed by atoms with Crippen LogP contribution < -0.4 is 9.80 Å². The number of nitrogens with zero attached hydrogens (tertiary/aromatic N) is 5. The van der Waals surface area contributed by atoms with Crippen LogP contribution in [0.5, 0.6) is 0 Å². The normalized spacial score (nSPS) is 18.8. The van der Waals surface area contributed by atoms with Gasteiger partial charge in [-0.2, -0.15) is 4.98 Å². The monoisotopic (exact) mass is 341 g/mol. The fourth-order valence-corrected chi connectivity index (χ4v) is 3.59. The minimum atomic E-state index is -0.115. The summed E-state index contributed by atoms with van der Waals surface area (Å²) in [6.45, 7) is 6.42. The molecule has 3 heterocycles. The van der Waals surface area contributed by atoms with Crippen LogP contribution in [-0.4, -0.2) is 54.1 Å². The highest BCUT2D eigenvalue weighted by Gasteiger charge is 2.21. The van der Waals surface area contributed by atoms with Crippen LogP contribution in [-0.2, 0) is 6.54 Å². The largest absolute Gasteiger partial charge is 0.354 e. The summed E-state index contributed by atoms with van der Waals surface area (Å²) in [7, 11) is 0. The van der Waals surface area contributed by atoms with Crippen molar-refractivity contribution in [2.24, 2.45) is 0 Å². The molecular weight excluding hydrogens is 317 g/mol. The van der Waals surface area contributed by atoms with E-state index in [1.165, 1.54) is 18.9 Å². The zero-order chi connectivity index (χ0) is 17.1. The first-order chi connectivity index (χ1) is 12.3. The molecule has 6 heteroatoms. The van der Waals surface area contributed by atoms with Crippen LogP contribution in [0.4, 0.5) is 16.2 Å². The molecule has 2 aliphatic heterocycles. The van der Waals surface area contributed by atoms with Crippen LogP contribution in [0.15, 0.2) is 36.5 Å². The summed E-state index contributed by atoms with van der Waals surface area (Å²) in [5.41, 5.74) is 0.773. The van der Waals surface area contributed by atoms with E-state index >= 15 is 0 Å². The Bertz CT molecular complexity index is 708. The number of hydrogen-bond donors (Lipinski definition) is 0. The lowest BCUT2D eigenvalue weighted by molar-refractivity contribution is 0.246. The number of anilines is 2. The van der Waals surface area contributed by atoms with Crippen molar-refractivity contribution < 1.29 is 4.39 Å². The van der Waals surface area contributed by atoms with Crippen molar-refractivity contribution in [3.63, 3.8) is 0 Å². The summed E-state index contributed by atoms with van der Waals surface area (Å²) in [6.07, 6.45) is 4.31. The van der Waals surface area contributed by atoms with Gasteiger partial charge in [0.05, 0.1) is 0 Å². The van der Waals surface area contributed by atoms with Gasteiger partial charge < -0.3 is 9.80 Å². The lowest BCUT2D eigenvalue weighted by Crippen LogP contribution is -2.46. The Balaban J connectivity index is 1.37. The van der Waals surface area contributed by atoms with E-state index in [0.717, 1.165) is 56.6 Å². The average Bonchev–Trinajstić information content (AvgIpc) is 3.19. The van der Waals surface area contributed by atoms with E-state index in [9.17, 15) is 4.39 Å². The van der Waals surface area contributed by atoms with Gasteiger partial charge in [-0.05, 0) is 25.0 Å². The number of halogens is 1. The van der Waals surface area contributed by atoms with E-state index in [0.29, 0.717) is 6.54 Å². The van der Waals surface area contributed by atoms with Gasteiger partial charge >= 0.3 is 0 Å². The summed E-state index contributed by atoms with van der Waals surface area (Å²) in [5.74, 6) is 1.74. The van der Waals surface area contributed by atoms with Crippen LogP contribution in [0.3, 0.4) is 0 Å². The van der Waals surface area contributed by atoms with Crippen molar-refractivity contribution in [2.75, 3.05) is 49.1 Å². The molecule has 2 fully saturated rings. The fourth-order valence-electron chi connectivity index (χ4n) is 3.59. The van der Waals surface area contributed by atoms with Crippen molar-refractivity contribution in [1.29, 1.82) is 0 Å². The molecule has 132 valence electrons. The summed E-state index contributed by atoms with van der Waals surface area (Å²) < 4.78 is 13.8. The zero-order valence-corrected chi connectivity index (χ0v) is 14.4. The van der Waals surface area contributed by atoms with E-state index in [-0.39, 0.29) is 5.82 Å². The molecule has 0 bridgehead atoms. The van der Waals surface area contributed by atoms with Gasteiger partial charge in [0.2, 0.25) is 5.95 Å². The Morgan fingerprint density at radius 1 is 0.880 bits per heavy atom. The van der Waals surface area contributed by atoms with Crippen molar-refractivity contribution in [3.8, 4) is 0 Å². The summed E-state index contributed by atoms with van der Waals surface area (Å²) in [4.78, 5) is 16.1. The maximum absolute atomic E-state index is 13.8. The molecule has 0 unspecified atom stereocenters. The van der Waals surface area contributed by atoms with Crippen LogP contribution in [0.1, 0.15) is 18.4 Å². The average molecular weight is 341 g/mol. The maximum Gasteiger partial charge on any atom is 0.227 e. The lowest BCUT2D eigenvalue weighted by atomic mass is 10.2. The fraction of sp³-hybridized carbons (Fsp3) is 0.474. The molecule has 1 aromatic heterocycles. The highest BCUT2D eigenvalue weighted by Crippen LogP contribution is 2.20. The second-order valence-electron chi connectivity index (χ2n) is 6.76. The molecule has 0 amide bonds. The van der Waals surface area contributed by atoms with Crippen molar-refractivity contribution in [1.82, 2.24) is 14.9 Å². The van der Waals surface area contributed by atoms with E-state index in [1.54, 1.807) is 6.07 Å². The smallest absolute Gasteiger partial charge is 0.227 e. The van der Waals surface area contributed by atoms with Crippen LogP contribution in [0.2, 0.25) is 0 Å². The van der Waals surface area contributed by atoms with Gasteiger partial charge in [0.15, 0.2) is 0 Å². The van der Waals surface area contributed by atoms with Gasteiger partial charge in [-0.25, -0.2) is 9.37 Å². The first-order valence-electron chi connectivity index (χ1n) is 9.08. The molecule has 2 aromatic rings. The van der Waals surface area contributed by atoms with Crippen molar-refractivity contribution in [3.05, 3.63) is 47.9 Å². The zero-order valence-electron chi connectivity index (χ0n) is 14.4. The molecule has 1 aromatic carbocycles. The highest BCUT2D eigenvalue weighted by atomic mass is 19.1. The molecule has 0 spiro atoms. The second kappa shape index (κ2) is 7.35. The Hall–Kier alpha value is -2.21. The van der Waals surface area contributed by atoms with E-state index in [1.807, 2.05) is 24.4 Å². The minimum absolute atomic E-state index is 0.115. The first-order valence-corrected chi connectivity index (χ1v) is 9.08. The van der Waals surface area contributed by atoms with Crippen molar-refractivity contribution >= 4 is 11.8 Å². The van der Waals surface area contributed by atoms with Crippen LogP contribution in [0, 0.1) is 5.82 Å². The third kappa shape index (κ3) is 3.74. The SMILES string of the molecule is Fc1ccccc1CN1CCN(c2ccnc(N3CCCC3)n2)CC1. The number of rotatable bonds is 4. The van der Waals surface area contributed by atoms with Gasteiger partial charge in [-0.1, -0.05) is 18.2 Å². The molecule has 25 heavy (non-hydrogen) atoms. The predicted octanol–water partition coefficient (Wildman–Crippen LogP) is 2.54. The Kier molecular flexibility index (Phi) is 4.78. The van der Waals surface area contributed by atoms with E-state index in [4.69, 9.17) is 4.98 Å². The number of piperazine rings is 1. The van der Waals surface area contributed by atoms with Crippen molar-refractivity contribution in [2.45, 2.75) is 19.4 Å². The molecule has 0 aliphatic carbocycles. The molecule has 0 radical (unpaired) electrons. The standard InChI is InChI=1S/C19H24FN5/c20-17-6-2-1-5-16(17)15-23-11-13-24(14-12-23)18-7-8-21-19(22-18)25-9-3-4-10-25/h1-2,5-8H,3-4,9-15H2. The summed E-state index contributed by atoms with van der Waals surface area (Å²) >= 11 is 0. The van der Waals surface area contributed by atoms with Gasteiger partial charge in [0.1, 0.15) is 11.6 Å². The third-order valence-electron chi connectivity index (χ3n) is 5.07. The summed E-state index contributed by atoms with van der Waals surface area (Å²) in [6, 6.07) is 9.03. The Labute approximate surface area is 148 Å². The van der Waals surface area contributed by atoms with Crippen LogP contribution >= 0.6 is 0 Å². The molecule has 2 saturated heterocycles.